The van der Waals surface area contributed by atoms with E-state index >= 15 is 0 Å². The molecule has 1 aromatic heterocycles. The van der Waals surface area contributed by atoms with Gasteiger partial charge in [0.05, 0.1) is 14.2 Å². The Morgan fingerprint density at radius 3 is 2.62 bits per heavy atom. The molecule has 0 spiro atoms. The fraction of sp³-hybridized carbons (Fsp3) is 0.350. The average molecular weight is 372 g/mol. The zero-order valence-electron chi connectivity index (χ0n) is 15.2. The number of hydrogen-bond donors (Lipinski definition) is 0. The highest BCUT2D eigenvalue weighted by Crippen LogP contribution is 2.25. The van der Waals surface area contributed by atoms with Crippen LogP contribution in [0.15, 0.2) is 41.8 Å². The third kappa shape index (κ3) is 4.65. The van der Waals surface area contributed by atoms with Gasteiger partial charge in [0, 0.05) is 55.3 Å². The van der Waals surface area contributed by atoms with E-state index < -0.39 is 0 Å². The van der Waals surface area contributed by atoms with E-state index in [0.717, 1.165) is 44.0 Å². The number of thiophene rings is 1. The molecule has 1 aromatic carbocycles. The molecule has 0 unspecified atom stereocenters. The lowest BCUT2D eigenvalue weighted by atomic mass is 10.1. The van der Waals surface area contributed by atoms with E-state index in [4.69, 9.17) is 9.47 Å². The number of piperazine rings is 1. The minimum absolute atomic E-state index is 0.0404. The van der Waals surface area contributed by atoms with Crippen molar-refractivity contribution in [3.05, 3.63) is 52.2 Å². The molecular formula is C20H24N2O3S. The summed E-state index contributed by atoms with van der Waals surface area (Å²) in [6.07, 6.45) is 3.43. The number of carbonyl (C=O) groups is 1. The lowest BCUT2D eigenvalue weighted by molar-refractivity contribution is -0.127. The molecule has 0 radical (unpaired) electrons. The molecule has 1 aliphatic heterocycles. The quantitative estimate of drug-likeness (QED) is 0.731. The lowest BCUT2D eigenvalue weighted by Crippen LogP contribution is -2.47. The predicted molar refractivity (Wildman–Crippen MR) is 105 cm³/mol. The van der Waals surface area contributed by atoms with Crippen molar-refractivity contribution < 1.29 is 14.3 Å². The van der Waals surface area contributed by atoms with Gasteiger partial charge in [-0.3, -0.25) is 9.69 Å². The van der Waals surface area contributed by atoms with Gasteiger partial charge in [0.1, 0.15) is 11.5 Å². The average Bonchev–Trinajstić information content (AvgIpc) is 3.19. The van der Waals surface area contributed by atoms with E-state index in [9.17, 15) is 4.79 Å². The molecule has 0 atom stereocenters. The Labute approximate surface area is 158 Å². The van der Waals surface area contributed by atoms with Gasteiger partial charge in [-0.15, -0.1) is 11.3 Å². The summed E-state index contributed by atoms with van der Waals surface area (Å²) >= 11 is 1.78. The summed E-state index contributed by atoms with van der Waals surface area (Å²) in [6.45, 7) is 4.30. The molecule has 0 bridgehead atoms. The Morgan fingerprint density at radius 2 is 1.96 bits per heavy atom. The summed E-state index contributed by atoms with van der Waals surface area (Å²) in [5, 5.41) is 2.10. The number of benzene rings is 1. The van der Waals surface area contributed by atoms with E-state index in [2.05, 4.69) is 22.4 Å². The van der Waals surface area contributed by atoms with Crippen molar-refractivity contribution >= 4 is 23.3 Å². The van der Waals surface area contributed by atoms with Crippen molar-refractivity contribution in [2.24, 2.45) is 0 Å². The van der Waals surface area contributed by atoms with Gasteiger partial charge in [0.25, 0.3) is 0 Å². The maximum atomic E-state index is 12.5. The van der Waals surface area contributed by atoms with Crippen molar-refractivity contribution in [1.29, 1.82) is 0 Å². The van der Waals surface area contributed by atoms with Gasteiger partial charge in [-0.1, -0.05) is 6.07 Å². The van der Waals surface area contributed by atoms with E-state index in [0.29, 0.717) is 5.75 Å². The molecule has 1 fully saturated rings. The van der Waals surface area contributed by atoms with Crippen molar-refractivity contribution in [2.75, 3.05) is 40.4 Å². The second-order valence-electron chi connectivity index (χ2n) is 6.12. The fourth-order valence-corrected chi connectivity index (χ4v) is 3.72. The summed E-state index contributed by atoms with van der Waals surface area (Å²) in [6, 6.07) is 9.80. The fourth-order valence-electron chi connectivity index (χ4n) is 2.97. The highest BCUT2D eigenvalue weighted by Gasteiger charge is 2.19. The Bertz CT molecular complexity index is 750. The molecule has 0 saturated carbocycles. The number of ether oxygens (including phenoxy) is 2. The second-order valence-corrected chi connectivity index (χ2v) is 7.15. The largest absolute Gasteiger partial charge is 0.497 e. The highest BCUT2D eigenvalue weighted by molar-refractivity contribution is 7.09. The number of amides is 1. The van der Waals surface area contributed by atoms with Crippen LogP contribution in [-0.2, 0) is 11.3 Å². The van der Waals surface area contributed by atoms with Gasteiger partial charge >= 0.3 is 0 Å². The molecule has 1 amide bonds. The first-order chi connectivity index (χ1) is 12.7. The zero-order valence-corrected chi connectivity index (χ0v) is 16.0. The molecule has 1 saturated heterocycles. The van der Waals surface area contributed by atoms with Crippen molar-refractivity contribution in [3.8, 4) is 11.5 Å². The van der Waals surface area contributed by atoms with Crippen LogP contribution >= 0.6 is 11.3 Å². The van der Waals surface area contributed by atoms with Crippen molar-refractivity contribution in [1.82, 2.24) is 9.80 Å². The molecule has 3 rings (SSSR count). The normalized spacial score (nSPS) is 15.4. The van der Waals surface area contributed by atoms with Crippen LogP contribution in [0.5, 0.6) is 11.5 Å². The molecule has 6 heteroatoms. The predicted octanol–water partition coefficient (Wildman–Crippen LogP) is 3.12. The van der Waals surface area contributed by atoms with Crippen LogP contribution in [0.1, 0.15) is 10.4 Å². The first kappa shape index (κ1) is 18.5. The maximum Gasteiger partial charge on any atom is 0.246 e. The van der Waals surface area contributed by atoms with Gasteiger partial charge in [0.2, 0.25) is 5.91 Å². The van der Waals surface area contributed by atoms with Gasteiger partial charge in [-0.05, 0) is 29.7 Å². The lowest BCUT2D eigenvalue weighted by Gasteiger charge is -2.34. The van der Waals surface area contributed by atoms with Crippen LogP contribution in [0.4, 0.5) is 0 Å². The minimum atomic E-state index is 0.0404. The first-order valence-corrected chi connectivity index (χ1v) is 9.51. The van der Waals surface area contributed by atoms with Gasteiger partial charge in [-0.25, -0.2) is 0 Å². The third-order valence-electron chi connectivity index (χ3n) is 4.49. The first-order valence-electron chi connectivity index (χ1n) is 8.63. The number of rotatable bonds is 6. The van der Waals surface area contributed by atoms with Crippen LogP contribution in [0.2, 0.25) is 0 Å². The van der Waals surface area contributed by atoms with Crippen LogP contribution in [-0.4, -0.2) is 56.1 Å². The summed E-state index contributed by atoms with van der Waals surface area (Å²) in [4.78, 5) is 18.1. The molecule has 2 heterocycles. The highest BCUT2D eigenvalue weighted by atomic mass is 32.1. The minimum Gasteiger partial charge on any atom is -0.497 e. The Kier molecular flexibility index (Phi) is 6.30. The van der Waals surface area contributed by atoms with E-state index in [-0.39, 0.29) is 5.91 Å². The van der Waals surface area contributed by atoms with Gasteiger partial charge < -0.3 is 14.4 Å². The molecule has 0 N–H and O–H groups in total. The van der Waals surface area contributed by atoms with Gasteiger partial charge in [0.15, 0.2) is 0 Å². The molecule has 2 aromatic rings. The Hall–Kier alpha value is -2.31. The number of nitrogens with zero attached hydrogens (tertiary/aromatic N) is 2. The molecule has 138 valence electrons. The van der Waals surface area contributed by atoms with Crippen LogP contribution < -0.4 is 9.47 Å². The number of carbonyl (C=O) groups excluding carboxylic acids is 1. The smallest absolute Gasteiger partial charge is 0.246 e. The van der Waals surface area contributed by atoms with Crippen LogP contribution in [0, 0.1) is 0 Å². The van der Waals surface area contributed by atoms with E-state index in [1.165, 1.54) is 4.88 Å². The molecule has 26 heavy (non-hydrogen) atoms. The SMILES string of the molecule is COc1ccc(/C=C/C(=O)N2CCN(Cc3cccs3)CC2)c(OC)c1. The third-order valence-corrected chi connectivity index (χ3v) is 5.35. The molecular weight excluding hydrogens is 348 g/mol. The molecule has 1 aliphatic rings. The summed E-state index contributed by atoms with van der Waals surface area (Å²) in [5.74, 6) is 1.46. The second kappa shape index (κ2) is 8.87. The molecule has 5 nitrogen and oxygen atoms in total. The van der Waals surface area contributed by atoms with Crippen LogP contribution in [0.3, 0.4) is 0 Å². The zero-order chi connectivity index (χ0) is 18.4. The maximum absolute atomic E-state index is 12.5. The summed E-state index contributed by atoms with van der Waals surface area (Å²) < 4.78 is 10.6. The van der Waals surface area contributed by atoms with Crippen LogP contribution in [0.25, 0.3) is 6.08 Å². The van der Waals surface area contributed by atoms with E-state index in [1.54, 1.807) is 37.7 Å². The van der Waals surface area contributed by atoms with Gasteiger partial charge in [-0.2, -0.15) is 0 Å². The number of hydrogen-bond acceptors (Lipinski definition) is 5. The Balaban J connectivity index is 1.55. The van der Waals surface area contributed by atoms with Crippen molar-refractivity contribution in [3.63, 3.8) is 0 Å². The van der Waals surface area contributed by atoms with Crippen molar-refractivity contribution in [2.45, 2.75) is 6.54 Å². The summed E-state index contributed by atoms with van der Waals surface area (Å²) in [5.41, 5.74) is 0.859. The summed E-state index contributed by atoms with van der Waals surface area (Å²) in [7, 11) is 3.23. The molecule has 0 aliphatic carbocycles. The standard InChI is InChI=1S/C20H24N2O3S/c1-24-17-7-5-16(19(14-17)25-2)6-8-20(23)22-11-9-21(10-12-22)15-18-4-3-13-26-18/h3-8,13-14H,9-12,15H2,1-2H3/b8-6+. The van der Waals surface area contributed by atoms with E-state index in [1.807, 2.05) is 23.1 Å². The topological polar surface area (TPSA) is 42.0 Å². The Morgan fingerprint density at radius 1 is 1.15 bits per heavy atom. The number of methoxy groups -OCH3 is 2. The monoisotopic (exact) mass is 372 g/mol.